The molecular formula is C24H23FN4O. The smallest absolute Gasteiger partial charge is 0.251 e. The Kier molecular flexibility index (Phi) is 4.71. The molecule has 1 saturated heterocycles. The highest BCUT2D eigenvalue weighted by molar-refractivity contribution is 5.97. The quantitative estimate of drug-likeness (QED) is 0.586. The van der Waals surface area contributed by atoms with Gasteiger partial charge in [0.15, 0.2) is 0 Å². The number of halogens is 1. The lowest BCUT2D eigenvalue weighted by atomic mass is 9.93. The van der Waals surface area contributed by atoms with Gasteiger partial charge in [0.05, 0.1) is 0 Å². The van der Waals surface area contributed by atoms with Crippen molar-refractivity contribution in [1.29, 1.82) is 0 Å². The number of aromatic nitrogens is 1. The maximum atomic E-state index is 14.7. The number of amides is 1. The Morgan fingerprint density at radius 3 is 2.53 bits per heavy atom. The van der Waals surface area contributed by atoms with Crippen molar-refractivity contribution in [3.05, 3.63) is 71.2 Å². The Hall–Kier alpha value is -3.25. The molecule has 1 aromatic heterocycles. The topological polar surface area (TPSA) is 80.0 Å². The van der Waals surface area contributed by atoms with E-state index in [4.69, 9.17) is 5.73 Å². The fraction of sp³-hybridized carbons (Fsp3) is 0.250. The number of nitrogens with zero attached hydrogens (tertiary/aromatic N) is 1. The number of nitrogen functional groups attached to an aromatic ring is 1. The van der Waals surface area contributed by atoms with Gasteiger partial charge in [-0.05, 0) is 59.7 Å². The number of benzene rings is 2. The summed E-state index contributed by atoms with van der Waals surface area (Å²) in [6, 6.07) is 15.4. The summed E-state index contributed by atoms with van der Waals surface area (Å²) in [5.74, 6) is 0.0110. The summed E-state index contributed by atoms with van der Waals surface area (Å²) in [6.07, 6.45) is 1.88. The molecule has 0 spiro atoms. The van der Waals surface area contributed by atoms with Gasteiger partial charge >= 0.3 is 0 Å². The van der Waals surface area contributed by atoms with E-state index in [9.17, 15) is 9.18 Å². The zero-order valence-electron chi connectivity index (χ0n) is 16.5. The number of nitrogens with one attached hydrogen (secondary N) is 2. The van der Waals surface area contributed by atoms with Gasteiger partial charge in [-0.15, -0.1) is 0 Å². The molecule has 152 valence electrons. The molecule has 0 bridgehead atoms. The highest BCUT2D eigenvalue weighted by Crippen LogP contribution is 2.34. The minimum absolute atomic E-state index is 0.0637. The van der Waals surface area contributed by atoms with E-state index in [1.807, 2.05) is 24.3 Å². The van der Waals surface area contributed by atoms with Crippen LogP contribution in [-0.4, -0.2) is 30.5 Å². The van der Waals surface area contributed by atoms with Gasteiger partial charge in [0, 0.05) is 29.8 Å². The number of hydrogen-bond acceptors (Lipinski definition) is 4. The molecule has 0 saturated carbocycles. The maximum Gasteiger partial charge on any atom is 0.251 e. The predicted octanol–water partition coefficient (Wildman–Crippen LogP) is 3.50. The number of nitrogens with two attached hydrogens (primary N) is 1. The van der Waals surface area contributed by atoms with Crippen LogP contribution in [0.15, 0.2) is 48.5 Å². The van der Waals surface area contributed by atoms with Crippen LogP contribution >= 0.6 is 0 Å². The first-order valence-corrected chi connectivity index (χ1v) is 10.3. The summed E-state index contributed by atoms with van der Waals surface area (Å²) < 4.78 is 14.7. The van der Waals surface area contributed by atoms with E-state index >= 15 is 0 Å². The van der Waals surface area contributed by atoms with Gasteiger partial charge in [0.1, 0.15) is 5.82 Å². The third-order valence-electron chi connectivity index (χ3n) is 6.10. The van der Waals surface area contributed by atoms with Crippen molar-refractivity contribution in [2.24, 2.45) is 0 Å². The molecule has 1 fully saturated rings. The highest BCUT2D eigenvalue weighted by Gasteiger charge is 2.20. The summed E-state index contributed by atoms with van der Waals surface area (Å²) in [6.45, 7) is 2.63. The lowest BCUT2D eigenvalue weighted by Crippen LogP contribution is -2.31. The molecule has 0 radical (unpaired) electrons. The van der Waals surface area contributed by atoms with Crippen molar-refractivity contribution in [2.75, 3.05) is 25.4 Å². The number of rotatable bonds is 3. The van der Waals surface area contributed by atoms with Gasteiger partial charge < -0.3 is 16.4 Å². The molecule has 5 nitrogen and oxygen atoms in total. The Morgan fingerprint density at radius 1 is 0.967 bits per heavy atom. The molecule has 1 atom stereocenters. The Bertz CT molecular complexity index is 1120. The number of anilines is 1. The van der Waals surface area contributed by atoms with Crippen LogP contribution in [0.3, 0.4) is 0 Å². The van der Waals surface area contributed by atoms with Crippen molar-refractivity contribution in [1.82, 2.24) is 15.6 Å². The largest absolute Gasteiger partial charge is 0.383 e. The summed E-state index contributed by atoms with van der Waals surface area (Å²) in [4.78, 5) is 16.0. The van der Waals surface area contributed by atoms with Crippen LogP contribution in [0.2, 0.25) is 0 Å². The Morgan fingerprint density at radius 2 is 1.77 bits per heavy atom. The summed E-state index contributed by atoms with van der Waals surface area (Å²) in [5, 5.41) is 6.22. The molecule has 2 aromatic carbocycles. The van der Waals surface area contributed by atoms with Gasteiger partial charge in [-0.3, -0.25) is 4.79 Å². The van der Waals surface area contributed by atoms with Gasteiger partial charge in [0.2, 0.25) is 5.95 Å². The summed E-state index contributed by atoms with van der Waals surface area (Å²) in [5.41, 5.74) is 11.7. The second-order valence-electron chi connectivity index (χ2n) is 7.95. The van der Waals surface area contributed by atoms with E-state index in [0.29, 0.717) is 29.2 Å². The minimum Gasteiger partial charge on any atom is -0.383 e. The van der Waals surface area contributed by atoms with Crippen LogP contribution in [0.5, 0.6) is 0 Å². The van der Waals surface area contributed by atoms with Crippen LogP contribution in [0.25, 0.3) is 22.3 Å². The number of pyridine rings is 1. The first-order chi connectivity index (χ1) is 14.6. The number of carbonyl (C=O) groups is 1. The normalized spacial score (nSPS) is 18.2. The van der Waals surface area contributed by atoms with Crippen LogP contribution in [0.4, 0.5) is 10.2 Å². The molecule has 2 aliphatic heterocycles. The number of fused-ring (bicyclic) bond motifs is 1. The molecule has 3 aromatic rings. The molecule has 4 N–H and O–H groups in total. The van der Waals surface area contributed by atoms with E-state index in [2.05, 4.69) is 27.8 Å². The van der Waals surface area contributed by atoms with E-state index in [-0.39, 0.29) is 11.7 Å². The van der Waals surface area contributed by atoms with E-state index in [0.717, 1.165) is 42.6 Å². The van der Waals surface area contributed by atoms with Crippen LogP contribution in [0, 0.1) is 5.95 Å². The molecule has 2 aliphatic rings. The standard InChI is InChI=1S/C24H23FN4O/c25-22-20(15-3-1-14(2-4-15)18-7-9-27-13-18)12-21(23(26)29-22)16-5-6-19-17(11-16)8-10-28-24(19)30/h1-6,11-12,18,27H,7-10,13H2,(H2,26,29)(H,28,30). The van der Waals surface area contributed by atoms with Crippen LogP contribution < -0.4 is 16.4 Å². The first-order valence-electron chi connectivity index (χ1n) is 10.3. The number of carbonyl (C=O) groups excluding carboxylic acids is 1. The van der Waals surface area contributed by atoms with Crippen LogP contribution in [-0.2, 0) is 6.42 Å². The Labute approximate surface area is 174 Å². The molecular weight excluding hydrogens is 379 g/mol. The number of hydrogen-bond donors (Lipinski definition) is 3. The molecule has 5 rings (SSSR count). The second kappa shape index (κ2) is 7.54. The van der Waals surface area contributed by atoms with Gasteiger partial charge in [-0.1, -0.05) is 36.4 Å². The van der Waals surface area contributed by atoms with Crippen molar-refractivity contribution >= 4 is 11.7 Å². The molecule has 6 heteroatoms. The fourth-order valence-electron chi connectivity index (χ4n) is 4.41. The molecule has 30 heavy (non-hydrogen) atoms. The van der Waals surface area contributed by atoms with E-state index in [1.54, 1.807) is 12.1 Å². The molecule has 1 unspecified atom stereocenters. The highest BCUT2D eigenvalue weighted by atomic mass is 19.1. The van der Waals surface area contributed by atoms with Gasteiger partial charge in [-0.2, -0.15) is 4.39 Å². The second-order valence-corrected chi connectivity index (χ2v) is 7.95. The predicted molar refractivity (Wildman–Crippen MR) is 116 cm³/mol. The van der Waals surface area contributed by atoms with Gasteiger partial charge in [0.25, 0.3) is 5.91 Å². The molecule has 3 heterocycles. The Balaban J connectivity index is 1.52. The molecule has 1 amide bonds. The lowest BCUT2D eigenvalue weighted by molar-refractivity contribution is 0.0946. The van der Waals surface area contributed by atoms with Crippen molar-refractivity contribution in [3.63, 3.8) is 0 Å². The maximum absolute atomic E-state index is 14.7. The van der Waals surface area contributed by atoms with Crippen LogP contribution in [0.1, 0.15) is 33.8 Å². The SMILES string of the molecule is Nc1nc(F)c(-c2ccc(C3CCNC3)cc2)cc1-c1ccc2c(c1)CCNC2=O. The zero-order valence-corrected chi connectivity index (χ0v) is 16.5. The van der Waals surface area contributed by atoms with E-state index in [1.165, 1.54) is 5.56 Å². The zero-order chi connectivity index (χ0) is 20.7. The van der Waals surface area contributed by atoms with Crippen molar-refractivity contribution in [2.45, 2.75) is 18.8 Å². The minimum atomic E-state index is -0.580. The lowest BCUT2D eigenvalue weighted by Gasteiger charge is -2.18. The fourth-order valence-corrected chi connectivity index (χ4v) is 4.41. The average molecular weight is 402 g/mol. The van der Waals surface area contributed by atoms with Crippen molar-refractivity contribution in [3.8, 4) is 22.3 Å². The summed E-state index contributed by atoms with van der Waals surface area (Å²) >= 11 is 0. The third kappa shape index (κ3) is 3.33. The third-order valence-corrected chi connectivity index (χ3v) is 6.10. The molecule has 0 aliphatic carbocycles. The monoisotopic (exact) mass is 402 g/mol. The average Bonchev–Trinajstić information content (AvgIpc) is 3.29. The van der Waals surface area contributed by atoms with Gasteiger partial charge in [-0.25, -0.2) is 4.98 Å². The summed E-state index contributed by atoms with van der Waals surface area (Å²) in [7, 11) is 0. The van der Waals surface area contributed by atoms with Crippen molar-refractivity contribution < 1.29 is 9.18 Å². The first kappa shape index (κ1) is 18.8. The van der Waals surface area contributed by atoms with E-state index < -0.39 is 5.95 Å².